The number of ether oxygens (including phenoxy) is 2. The first-order valence-electron chi connectivity index (χ1n) is 10.8. The summed E-state index contributed by atoms with van der Waals surface area (Å²) >= 11 is 0. The molecule has 3 N–H and O–H groups in total. The number of anilines is 3. The molecule has 0 spiro atoms. The van der Waals surface area contributed by atoms with E-state index in [-0.39, 0.29) is 23.9 Å². The second-order valence-corrected chi connectivity index (χ2v) is 7.88. The molecule has 0 aliphatic heterocycles. The van der Waals surface area contributed by atoms with E-state index in [0.29, 0.717) is 42.9 Å². The number of carboxylic acids is 1. The van der Waals surface area contributed by atoms with Crippen LogP contribution in [0.3, 0.4) is 0 Å². The third-order valence-electron chi connectivity index (χ3n) is 5.26. The molecule has 0 radical (unpaired) electrons. The Morgan fingerprint density at radius 1 is 1.00 bits per heavy atom. The highest BCUT2D eigenvalue weighted by molar-refractivity contribution is 6.00. The summed E-state index contributed by atoms with van der Waals surface area (Å²) in [6, 6.07) is 7.80. The Hall–Kier alpha value is -4.36. The number of halogens is 3. The minimum atomic E-state index is -4.80. The summed E-state index contributed by atoms with van der Waals surface area (Å²) in [6.45, 7) is 0. The van der Waals surface area contributed by atoms with Crippen LogP contribution in [0.1, 0.15) is 36.4 Å². The first-order valence-corrected chi connectivity index (χ1v) is 10.8. The molecule has 1 amide bonds. The third-order valence-corrected chi connectivity index (χ3v) is 5.26. The molecule has 14 heteroatoms. The molecule has 2 heterocycles. The van der Waals surface area contributed by atoms with Gasteiger partial charge in [-0.05, 0) is 56.0 Å². The van der Waals surface area contributed by atoms with Crippen molar-refractivity contribution in [3.05, 3.63) is 48.5 Å². The predicted molar refractivity (Wildman–Crippen MR) is 117 cm³/mol. The molecule has 1 fully saturated rings. The summed E-state index contributed by atoms with van der Waals surface area (Å²) in [5.74, 6) is -2.23. The summed E-state index contributed by atoms with van der Waals surface area (Å²) in [7, 11) is 0. The van der Waals surface area contributed by atoms with Gasteiger partial charge in [-0.1, -0.05) is 5.10 Å². The van der Waals surface area contributed by atoms with Crippen molar-refractivity contribution >= 4 is 29.3 Å². The normalized spacial score (nSPS) is 17.8. The Kier molecular flexibility index (Phi) is 7.22. The zero-order chi connectivity index (χ0) is 25.7. The van der Waals surface area contributed by atoms with Crippen molar-refractivity contribution < 1.29 is 41.8 Å². The van der Waals surface area contributed by atoms with Gasteiger partial charge in [-0.2, -0.15) is 0 Å². The van der Waals surface area contributed by atoms with Gasteiger partial charge in [0.25, 0.3) is 0 Å². The molecule has 11 nitrogen and oxygen atoms in total. The van der Waals surface area contributed by atoms with E-state index in [0.717, 1.165) is 12.1 Å². The fourth-order valence-electron chi connectivity index (χ4n) is 3.54. The molecule has 2 aromatic heterocycles. The number of hydrogen-bond donors (Lipinski definition) is 3. The fourth-order valence-corrected chi connectivity index (χ4v) is 3.54. The molecule has 0 bridgehead atoms. The maximum Gasteiger partial charge on any atom is 0.573 e. The minimum absolute atomic E-state index is 0.119. The van der Waals surface area contributed by atoms with E-state index in [9.17, 15) is 22.8 Å². The van der Waals surface area contributed by atoms with Crippen molar-refractivity contribution in [2.75, 3.05) is 10.6 Å². The average molecular weight is 507 g/mol. The van der Waals surface area contributed by atoms with Crippen molar-refractivity contribution in [1.29, 1.82) is 0 Å². The summed E-state index contributed by atoms with van der Waals surface area (Å²) in [4.78, 5) is 27.6. The molecule has 36 heavy (non-hydrogen) atoms. The van der Waals surface area contributed by atoms with Crippen molar-refractivity contribution in [2.24, 2.45) is 5.92 Å². The van der Waals surface area contributed by atoms with Crippen LogP contribution < -0.4 is 20.1 Å². The Morgan fingerprint density at radius 3 is 2.31 bits per heavy atom. The van der Waals surface area contributed by atoms with Gasteiger partial charge in [0.15, 0.2) is 0 Å². The van der Waals surface area contributed by atoms with E-state index in [1.165, 1.54) is 18.3 Å². The van der Waals surface area contributed by atoms with Gasteiger partial charge in [-0.15, -0.1) is 18.3 Å². The molecule has 1 aliphatic rings. The lowest BCUT2D eigenvalue weighted by Gasteiger charge is -2.26. The number of aromatic nitrogens is 3. The van der Waals surface area contributed by atoms with Crippen LogP contribution in [0.4, 0.5) is 30.6 Å². The molecule has 0 saturated heterocycles. The van der Waals surface area contributed by atoms with Gasteiger partial charge in [0, 0.05) is 11.8 Å². The van der Waals surface area contributed by atoms with Gasteiger partial charge < -0.3 is 29.6 Å². The standard InChI is InChI=1S/C22H20F3N5O6/c23-22(24,25)36-16-8-3-13(4-9-16)28-21-30-29-19(35-21)18(31)27-14-5-10-17(26-11-14)34-15-6-1-12(2-7-15)20(32)33/h3-5,8-12,15H,1-2,6-7H2,(H,27,31)(H,28,30)(H,32,33)/t12-,15+. The molecule has 4 rings (SSSR count). The second kappa shape index (κ2) is 10.5. The highest BCUT2D eigenvalue weighted by Gasteiger charge is 2.31. The van der Waals surface area contributed by atoms with E-state index in [1.54, 1.807) is 12.1 Å². The summed E-state index contributed by atoms with van der Waals surface area (Å²) < 4.78 is 51.5. The van der Waals surface area contributed by atoms with E-state index in [2.05, 4.69) is 30.6 Å². The predicted octanol–water partition coefficient (Wildman–Crippen LogP) is 4.38. The molecule has 0 unspecified atom stereocenters. The average Bonchev–Trinajstić information content (AvgIpc) is 3.30. The zero-order valence-electron chi connectivity index (χ0n) is 18.5. The third kappa shape index (κ3) is 6.84. The maximum atomic E-state index is 12.4. The molecule has 0 atom stereocenters. The summed E-state index contributed by atoms with van der Waals surface area (Å²) in [6.07, 6.45) is -1.19. The zero-order valence-corrected chi connectivity index (χ0v) is 18.5. The van der Waals surface area contributed by atoms with Gasteiger partial charge in [0.2, 0.25) is 5.88 Å². The van der Waals surface area contributed by atoms with E-state index >= 15 is 0 Å². The van der Waals surface area contributed by atoms with Crippen LogP contribution in [0, 0.1) is 5.92 Å². The molecule has 1 saturated carbocycles. The number of carbonyl (C=O) groups is 2. The highest BCUT2D eigenvalue weighted by Crippen LogP contribution is 2.28. The molecular weight excluding hydrogens is 487 g/mol. The van der Waals surface area contributed by atoms with Gasteiger partial charge in [0.1, 0.15) is 11.9 Å². The lowest BCUT2D eigenvalue weighted by molar-refractivity contribution is -0.274. The smallest absolute Gasteiger partial charge is 0.481 e. The number of nitrogens with zero attached hydrogens (tertiary/aromatic N) is 3. The number of carbonyl (C=O) groups excluding carboxylic acids is 1. The van der Waals surface area contributed by atoms with Crippen molar-refractivity contribution in [3.8, 4) is 11.6 Å². The Labute approximate surface area is 201 Å². The van der Waals surface area contributed by atoms with Crippen LogP contribution in [-0.4, -0.2) is 44.6 Å². The number of hydrogen-bond acceptors (Lipinski definition) is 9. The van der Waals surface area contributed by atoms with Gasteiger partial charge in [0.05, 0.1) is 17.8 Å². The molecule has 1 aliphatic carbocycles. The van der Waals surface area contributed by atoms with Crippen LogP contribution in [0.2, 0.25) is 0 Å². The van der Waals surface area contributed by atoms with Crippen molar-refractivity contribution in [3.63, 3.8) is 0 Å². The van der Waals surface area contributed by atoms with Crippen LogP contribution in [0.25, 0.3) is 0 Å². The number of rotatable bonds is 8. The van der Waals surface area contributed by atoms with Crippen LogP contribution in [-0.2, 0) is 4.79 Å². The number of carboxylic acid groups (broad SMARTS) is 1. The Morgan fingerprint density at radius 2 is 1.69 bits per heavy atom. The molecular formula is C22H20F3N5O6. The van der Waals surface area contributed by atoms with E-state index in [1.807, 2.05) is 0 Å². The largest absolute Gasteiger partial charge is 0.573 e. The topological polar surface area (TPSA) is 149 Å². The highest BCUT2D eigenvalue weighted by atomic mass is 19.4. The number of aliphatic carboxylic acids is 1. The second-order valence-electron chi connectivity index (χ2n) is 7.88. The molecule has 1 aromatic carbocycles. The number of amides is 1. The monoisotopic (exact) mass is 507 g/mol. The minimum Gasteiger partial charge on any atom is -0.481 e. The Balaban J connectivity index is 1.27. The van der Waals surface area contributed by atoms with Gasteiger partial charge in [-0.3, -0.25) is 9.59 Å². The summed E-state index contributed by atoms with van der Waals surface area (Å²) in [5.41, 5.74) is 0.672. The lowest BCUT2D eigenvalue weighted by atomic mass is 9.87. The number of alkyl halides is 3. The number of benzene rings is 1. The maximum absolute atomic E-state index is 12.4. The first kappa shape index (κ1) is 24.8. The fraction of sp³-hybridized carbons (Fsp3) is 0.318. The lowest BCUT2D eigenvalue weighted by Crippen LogP contribution is -2.28. The van der Waals surface area contributed by atoms with Crippen LogP contribution in [0.15, 0.2) is 47.0 Å². The summed E-state index contributed by atoms with van der Waals surface area (Å²) in [5, 5.41) is 21.6. The van der Waals surface area contributed by atoms with Crippen molar-refractivity contribution in [2.45, 2.75) is 38.1 Å². The number of pyridine rings is 1. The van der Waals surface area contributed by atoms with Gasteiger partial charge >= 0.3 is 30.1 Å². The Bertz CT molecular complexity index is 1190. The van der Waals surface area contributed by atoms with E-state index < -0.39 is 24.0 Å². The SMILES string of the molecule is O=C(Nc1ccc(O[C@H]2CC[C@@H](C(=O)O)CC2)nc1)c1nnc(Nc2ccc(OC(F)(F)F)cc2)o1. The van der Waals surface area contributed by atoms with Crippen LogP contribution >= 0.6 is 0 Å². The van der Waals surface area contributed by atoms with Crippen molar-refractivity contribution in [1.82, 2.24) is 15.2 Å². The van der Waals surface area contributed by atoms with Crippen LogP contribution in [0.5, 0.6) is 11.6 Å². The first-order chi connectivity index (χ1) is 17.1. The van der Waals surface area contributed by atoms with E-state index in [4.69, 9.17) is 14.3 Å². The molecule has 3 aromatic rings. The van der Waals surface area contributed by atoms with Gasteiger partial charge in [-0.25, -0.2) is 4.98 Å². The molecule has 190 valence electrons. The quantitative estimate of drug-likeness (QED) is 0.401. The number of nitrogens with one attached hydrogen (secondary N) is 2.